The average Bonchev–Trinajstić information content (AvgIpc) is 2.51. The predicted molar refractivity (Wildman–Crippen MR) is 88.7 cm³/mol. The normalized spacial score (nSPS) is 10.7. The van der Waals surface area contributed by atoms with Gasteiger partial charge in [0.2, 0.25) is 5.91 Å². The Hall–Kier alpha value is -2.73. The van der Waals surface area contributed by atoms with Gasteiger partial charge in [0.05, 0.1) is 17.6 Å². The number of amides is 1. The van der Waals surface area contributed by atoms with Crippen LogP contribution in [0.15, 0.2) is 47.6 Å². The van der Waals surface area contributed by atoms with Crippen LogP contribution in [0.3, 0.4) is 0 Å². The first-order valence-electron chi connectivity index (χ1n) is 6.77. The predicted octanol–water partition coefficient (Wildman–Crippen LogP) is 3.25. The molecule has 0 saturated heterocycles. The van der Waals surface area contributed by atoms with E-state index in [-0.39, 0.29) is 18.0 Å². The number of hydrogen-bond acceptors (Lipinski definition) is 4. The monoisotopic (exact) mass is 331 g/mol. The van der Waals surface area contributed by atoms with Gasteiger partial charge in [-0.05, 0) is 18.6 Å². The molecule has 1 N–H and O–H groups in total. The molecule has 7 heteroatoms. The summed E-state index contributed by atoms with van der Waals surface area (Å²) >= 11 is 5.93. The van der Waals surface area contributed by atoms with Crippen LogP contribution in [0.4, 0.5) is 5.69 Å². The molecular weight excluding hydrogens is 318 g/mol. The number of nitro benzene ring substituents is 1. The Kier molecular flexibility index (Phi) is 5.43. The van der Waals surface area contributed by atoms with Gasteiger partial charge >= 0.3 is 0 Å². The van der Waals surface area contributed by atoms with Crippen molar-refractivity contribution in [2.24, 2.45) is 5.10 Å². The maximum Gasteiger partial charge on any atom is 0.270 e. The standard InChI is InChI=1S/C16H14ClN3O3/c1-11-2-4-12(5-3-11)8-16(21)19-18-10-13-9-14(20(22)23)6-7-15(13)17/h2-7,9-10H,8H2,1H3,(H,19,21)/b18-10+. The first-order chi connectivity index (χ1) is 11.0. The lowest BCUT2D eigenvalue weighted by molar-refractivity contribution is -0.384. The van der Waals surface area contributed by atoms with E-state index in [2.05, 4.69) is 10.5 Å². The third-order valence-electron chi connectivity index (χ3n) is 3.07. The number of nitrogens with one attached hydrogen (secondary N) is 1. The summed E-state index contributed by atoms with van der Waals surface area (Å²) in [5.74, 6) is -0.286. The van der Waals surface area contributed by atoms with Gasteiger partial charge in [0.1, 0.15) is 0 Å². The summed E-state index contributed by atoms with van der Waals surface area (Å²) in [6, 6.07) is 11.6. The topological polar surface area (TPSA) is 84.6 Å². The van der Waals surface area contributed by atoms with Crippen LogP contribution in [0.1, 0.15) is 16.7 Å². The fourth-order valence-corrected chi connectivity index (χ4v) is 2.01. The van der Waals surface area contributed by atoms with Crippen molar-refractivity contribution in [1.82, 2.24) is 5.43 Å². The minimum Gasteiger partial charge on any atom is -0.273 e. The summed E-state index contributed by atoms with van der Waals surface area (Å²) in [5.41, 5.74) is 4.62. The first kappa shape index (κ1) is 16.6. The number of carbonyl (C=O) groups excluding carboxylic acids is 1. The van der Waals surface area contributed by atoms with E-state index in [1.54, 1.807) is 0 Å². The first-order valence-corrected chi connectivity index (χ1v) is 7.15. The van der Waals surface area contributed by atoms with Gasteiger partial charge in [0.25, 0.3) is 5.69 Å². The van der Waals surface area contributed by atoms with Gasteiger partial charge in [-0.1, -0.05) is 41.4 Å². The minimum atomic E-state index is -0.524. The molecular formula is C16H14ClN3O3. The van der Waals surface area contributed by atoms with Crippen LogP contribution >= 0.6 is 11.6 Å². The Labute approximate surface area is 137 Å². The van der Waals surface area contributed by atoms with Crippen molar-refractivity contribution < 1.29 is 9.72 Å². The van der Waals surface area contributed by atoms with Crippen molar-refractivity contribution >= 4 is 29.4 Å². The summed E-state index contributed by atoms with van der Waals surface area (Å²) in [6.07, 6.45) is 1.47. The van der Waals surface area contributed by atoms with E-state index in [1.165, 1.54) is 24.4 Å². The molecule has 0 saturated carbocycles. The highest BCUT2D eigenvalue weighted by Gasteiger charge is 2.08. The summed E-state index contributed by atoms with van der Waals surface area (Å²) < 4.78 is 0. The number of hydrazone groups is 1. The fraction of sp³-hybridized carbons (Fsp3) is 0.125. The molecule has 0 radical (unpaired) electrons. The Balaban J connectivity index is 1.98. The molecule has 23 heavy (non-hydrogen) atoms. The Morgan fingerprint density at radius 1 is 1.30 bits per heavy atom. The SMILES string of the molecule is Cc1ccc(CC(=O)N/N=C/c2cc([N+](=O)[O-])ccc2Cl)cc1. The second-order valence-corrected chi connectivity index (χ2v) is 5.33. The van der Waals surface area contributed by atoms with Crippen molar-refractivity contribution in [2.75, 3.05) is 0 Å². The number of hydrogen-bond donors (Lipinski definition) is 1. The second-order valence-electron chi connectivity index (χ2n) is 4.92. The van der Waals surface area contributed by atoms with Crippen LogP contribution in [0.5, 0.6) is 0 Å². The average molecular weight is 332 g/mol. The quantitative estimate of drug-likeness (QED) is 0.518. The van der Waals surface area contributed by atoms with Gasteiger partial charge in [-0.3, -0.25) is 14.9 Å². The molecule has 0 atom stereocenters. The Morgan fingerprint density at radius 3 is 2.65 bits per heavy atom. The smallest absolute Gasteiger partial charge is 0.270 e. The molecule has 0 fully saturated rings. The summed E-state index contributed by atoms with van der Waals surface area (Å²) in [7, 11) is 0. The van der Waals surface area contributed by atoms with Crippen molar-refractivity contribution in [3.63, 3.8) is 0 Å². The number of rotatable bonds is 5. The van der Waals surface area contributed by atoms with E-state index in [0.29, 0.717) is 10.6 Å². The zero-order valence-electron chi connectivity index (χ0n) is 12.3. The number of halogens is 1. The lowest BCUT2D eigenvalue weighted by atomic mass is 10.1. The number of carbonyl (C=O) groups is 1. The fourth-order valence-electron chi connectivity index (χ4n) is 1.85. The van der Waals surface area contributed by atoms with Gasteiger partial charge in [0, 0.05) is 22.7 Å². The van der Waals surface area contributed by atoms with Gasteiger partial charge in [-0.15, -0.1) is 0 Å². The van der Waals surface area contributed by atoms with Crippen LogP contribution in [-0.4, -0.2) is 17.0 Å². The molecule has 6 nitrogen and oxygen atoms in total. The van der Waals surface area contributed by atoms with Crippen molar-refractivity contribution in [3.05, 3.63) is 74.3 Å². The highest BCUT2D eigenvalue weighted by Crippen LogP contribution is 2.20. The lowest BCUT2D eigenvalue weighted by Crippen LogP contribution is -2.19. The Bertz CT molecular complexity index is 758. The lowest BCUT2D eigenvalue weighted by Gasteiger charge is -2.02. The van der Waals surface area contributed by atoms with Crippen LogP contribution in [0.25, 0.3) is 0 Å². The van der Waals surface area contributed by atoms with Crippen molar-refractivity contribution in [3.8, 4) is 0 Å². The zero-order chi connectivity index (χ0) is 16.8. The highest BCUT2D eigenvalue weighted by molar-refractivity contribution is 6.33. The molecule has 2 rings (SSSR count). The molecule has 0 aliphatic rings. The van der Waals surface area contributed by atoms with E-state index >= 15 is 0 Å². The van der Waals surface area contributed by atoms with E-state index in [0.717, 1.165) is 11.1 Å². The molecule has 118 valence electrons. The molecule has 0 spiro atoms. The summed E-state index contributed by atoms with van der Waals surface area (Å²) in [5, 5.41) is 14.8. The van der Waals surface area contributed by atoms with E-state index < -0.39 is 4.92 Å². The third kappa shape index (κ3) is 4.89. The van der Waals surface area contributed by atoms with E-state index in [9.17, 15) is 14.9 Å². The van der Waals surface area contributed by atoms with Crippen LogP contribution in [0.2, 0.25) is 5.02 Å². The van der Waals surface area contributed by atoms with E-state index in [4.69, 9.17) is 11.6 Å². The van der Waals surface area contributed by atoms with Gasteiger partial charge in [-0.25, -0.2) is 5.43 Å². The number of non-ortho nitro benzene ring substituents is 1. The molecule has 0 bridgehead atoms. The van der Waals surface area contributed by atoms with Gasteiger partial charge in [-0.2, -0.15) is 5.10 Å². The molecule has 0 heterocycles. The minimum absolute atomic E-state index is 0.0955. The molecule has 2 aromatic carbocycles. The second kappa shape index (κ2) is 7.51. The van der Waals surface area contributed by atoms with Crippen molar-refractivity contribution in [2.45, 2.75) is 13.3 Å². The van der Waals surface area contributed by atoms with Crippen LogP contribution < -0.4 is 5.43 Å². The number of nitro groups is 1. The molecule has 0 aliphatic carbocycles. The van der Waals surface area contributed by atoms with E-state index in [1.807, 2.05) is 31.2 Å². The van der Waals surface area contributed by atoms with Crippen LogP contribution in [-0.2, 0) is 11.2 Å². The Morgan fingerprint density at radius 2 is 2.00 bits per heavy atom. The maximum absolute atomic E-state index is 11.8. The summed E-state index contributed by atoms with van der Waals surface area (Å²) in [6.45, 7) is 1.97. The number of nitrogens with zero attached hydrogens (tertiary/aromatic N) is 2. The largest absolute Gasteiger partial charge is 0.273 e. The maximum atomic E-state index is 11.8. The molecule has 0 aliphatic heterocycles. The molecule has 1 amide bonds. The number of aryl methyl sites for hydroxylation is 1. The zero-order valence-corrected chi connectivity index (χ0v) is 13.1. The van der Waals surface area contributed by atoms with Gasteiger partial charge < -0.3 is 0 Å². The molecule has 0 unspecified atom stereocenters. The van der Waals surface area contributed by atoms with Crippen LogP contribution in [0, 0.1) is 17.0 Å². The highest BCUT2D eigenvalue weighted by atomic mass is 35.5. The number of benzene rings is 2. The van der Waals surface area contributed by atoms with Gasteiger partial charge in [0.15, 0.2) is 0 Å². The molecule has 0 aromatic heterocycles. The third-order valence-corrected chi connectivity index (χ3v) is 3.41. The van der Waals surface area contributed by atoms with Crippen molar-refractivity contribution in [1.29, 1.82) is 0 Å². The summed E-state index contributed by atoms with van der Waals surface area (Å²) in [4.78, 5) is 22.0. The molecule has 2 aromatic rings.